The van der Waals surface area contributed by atoms with Crippen molar-refractivity contribution in [1.29, 1.82) is 5.41 Å². The zero-order valence-electron chi connectivity index (χ0n) is 20.3. The van der Waals surface area contributed by atoms with E-state index < -0.39 is 11.4 Å². The molecule has 0 aliphatic heterocycles. The monoisotopic (exact) mass is 475 g/mol. The van der Waals surface area contributed by atoms with E-state index in [0.29, 0.717) is 16.9 Å². The molecule has 0 saturated heterocycles. The molecule has 0 amide bonds. The molecule has 182 valence electrons. The summed E-state index contributed by atoms with van der Waals surface area (Å²) in [4.78, 5) is 11.4. The van der Waals surface area contributed by atoms with Crippen molar-refractivity contribution >= 4 is 28.8 Å². The number of hydrogen-bond donors (Lipinski definition) is 4. The molecule has 35 heavy (non-hydrogen) atoms. The van der Waals surface area contributed by atoms with Crippen molar-refractivity contribution in [2.45, 2.75) is 33.1 Å². The van der Waals surface area contributed by atoms with Crippen molar-refractivity contribution < 1.29 is 19.4 Å². The van der Waals surface area contributed by atoms with E-state index in [1.807, 2.05) is 32.3 Å². The lowest BCUT2D eigenvalue weighted by Crippen LogP contribution is -2.26. The van der Waals surface area contributed by atoms with Gasteiger partial charge in [0.25, 0.3) is 0 Å². The summed E-state index contributed by atoms with van der Waals surface area (Å²) in [6.45, 7) is 7.63. The first-order chi connectivity index (χ1) is 16.7. The number of halogens is 1. The van der Waals surface area contributed by atoms with Gasteiger partial charge in [-0.3, -0.25) is 0 Å². The Bertz CT molecular complexity index is 1370. The summed E-state index contributed by atoms with van der Waals surface area (Å²) in [5, 5.41) is 28.2. The van der Waals surface area contributed by atoms with Gasteiger partial charge < -0.3 is 25.9 Å². The lowest BCUT2D eigenvalue weighted by Gasteiger charge is -2.27. The molecule has 0 unspecified atom stereocenters. The number of anilines is 1. The van der Waals surface area contributed by atoms with E-state index in [9.17, 15) is 19.4 Å². The Morgan fingerprint density at radius 3 is 2.20 bits per heavy atom. The van der Waals surface area contributed by atoms with Crippen LogP contribution in [0.5, 0.6) is 0 Å². The molecule has 4 rings (SSSR count). The van der Waals surface area contributed by atoms with Crippen molar-refractivity contribution in [2.75, 3.05) is 12.3 Å². The topological polar surface area (TPSA) is 112 Å². The number of aliphatic hydroxyl groups excluding tert-OH is 1. The van der Waals surface area contributed by atoms with Crippen LogP contribution in [-0.4, -0.2) is 33.6 Å². The van der Waals surface area contributed by atoms with Crippen LogP contribution in [0.4, 0.5) is 10.1 Å². The number of carboxylic acids is 1. The minimum atomic E-state index is -1.02. The van der Waals surface area contributed by atoms with Crippen LogP contribution in [0.25, 0.3) is 27.7 Å². The number of nitrogens with two attached hydrogens (primary N) is 1. The van der Waals surface area contributed by atoms with Crippen LogP contribution in [0, 0.1) is 11.2 Å². The van der Waals surface area contributed by atoms with Gasteiger partial charge >= 0.3 is 5.97 Å². The molecule has 7 heteroatoms. The van der Waals surface area contributed by atoms with Gasteiger partial charge in [0.15, 0.2) is 0 Å². The Hall–Kier alpha value is -3.97. The Morgan fingerprint density at radius 2 is 1.69 bits per heavy atom. The molecule has 6 nitrogen and oxygen atoms in total. The second kappa shape index (κ2) is 10.1. The number of nitrogens with one attached hydrogen (secondary N) is 1. The minimum Gasteiger partial charge on any atom is -0.478 e. The summed E-state index contributed by atoms with van der Waals surface area (Å²) in [6.07, 6.45) is 1.18. The Balaban J connectivity index is 0.00000167. The zero-order valence-corrected chi connectivity index (χ0v) is 20.3. The van der Waals surface area contributed by atoms with E-state index in [1.165, 1.54) is 30.5 Å². The van der Waals surface area contributed by atoms with Gasteiger partial charge in [0.05, 0.1) is 17.7 Å². The summed E-state index contributed by atoms with van der Waals surface area (Å²) in [6, 6.07) is 16.1. The standard InChI is InChI=1S/C26H24FN3O3.C2H6/c1-26(2,14-31)24-23(15-3-5-16(6-4-15)25(32)33)20-12-21(29)17(13-28)11-22(20)30(24)19-9-7-18(27)8-10-19;1-2/h3-13,28,31H,14,29H2,1-2H3,(H,32,33);1-2H3. The smallest absolute Gasteiger partial charge is 0.335 e. The second-order valence-electron chi connectivity index (χ2n) is 8.60. The van der Waals surface area contributed by atoms with Gasteiger partial charge in [0, 0.05) is 45.2 Å². The minimum absolute atomic E-state index is 0.162. The summed E-state index contributed by atoms with van der Waals surface area (Å²) in [5.41, 5.74) is 10.3. The third-order valence-electron chi connectivity index (χ3n) is 5.87. The van der Waals surface area contributed by atoms with Crippen LogP contribution < -0.4 is 5.73 Å². The number of nitrogen functional groups attached to an aromatic ring is 1. The largest absolute Gasteiger partial charge is 0.478 e. The Morgan fingerprint density at radius 1 is 1.09 bits per heavy atom. The zero-order chi connectivity index (χ0) is 25.9. The molecule has 0 saturated carbocycles. The summed E-state index contributed by atoms with van der Waals surface area (Å²) in [5.74, 6) is -1.39. The van der Waals surface area contributed by atoms with Crippen molar-refractivity contribution in [2.24, 2.45) is 0 Å². The first kappa shape index (κ1) is 25.6. The lowest BCUT2D eigenvalue weighted by molar-refractivity contribution is 0.0697. The van der Waals surface area contributed by atoms with Crippen molar-refractivity contribution in [3.05, 3.63) is 83.3 Å². The molecule has 0 aliphatic rings. The molecule has 0 aliphatic carbocycles. The normalized spacial score (nSPS) is 11.1. The molecule has 1 heterocycles. The van der Waals surface area contributed by atoms with E-state index in [4.69, 9.17) is 11.1 Å². The fraction of sp³-hybridized carbons (Fsp3) is 0.214. The van der Waals surface area contributed by atoms with Crippen LogP contribution in [0.3, 0.4) is 0 Å². The lowest BCUT2D eigenvalue weighted by atomic mass is 9.84. The maximum absolute atomic E-state index is 13.7. The number of aliphatic hydroxyl groups is 1. The predicted molar refractivity (Wildman–Crippen MR) is 139 cm³/mol. The molecular formula is C28H30FN3O3. The number of benzene rings is 3. The quantitative estimate of drug-likeness (QED) is 0.202. The number of hydrogen-bond acceptors (Lipinski definition) is 4. The second-order valence-corrected chi connectivity index (χ2v) is 8.60. The molecule has 0 fully saturated rings. The molecular weight excluding hydrogens is 445 g/mol. The summed E-state index contributed by atoms with van der Waals surface area (Å²) >= 11 is 0. The van der Waals surface area contributed by atoms with Crippen LogP contribution in [0.1, 0.15) is 49.3 Å². The molecule has 0 atom stereocenters. The number of aromatic carboxylic acids is 1. The maximum Gasteiger partial charge on any atom is 0.335 e. The number of carboxylic acid groups (broad SMARTS) is 1. The van der Waals surface area contributed by atoms with Gasteiger partial charge in [0.2, 0.25) is 0 Å². The highest BCUT2D eigenvalue weighted by atomic mass is 19.1. The van der Waals surface area contributed by atoms with E-state index in [2.05, 4.69) is 0 Å². The number of aromatic nitrogens is 1. The van der Waals surface area contributed by atoms with Crippen LogP contribution in [0.2, 0.25) is 0 Å². The summed E-state index contributed by atoms with van der Waals surface area (Å²) < 4.78 is 15.7. The number of nitrogens with zero attached hydrogens (tertiary/aromatic N) is 1. The molecule has 5 N–H and O–H groups in total. The molecule has 3 aromatic carbocycles. The average Bonchev–Trinajstić information content (AvgIpc) is 3.19. The van der Waals surface area contributed by atoms with Crippen LogP contribution in [0.15, 0.2) is 60.7 Å². The van der Waals surface area contributed by atoms with E-state index in [-0.39, 0.29) is 18.0 Å². The van der Waals surface area contributed by atoms with Gasteiger partial charge in [-0.1, -0.05) is 39.8 Å². The van der Waals surface area contributed by atoms with Crippen LogP contribution >= 0.6 is 0 Å². The third kappa shape index (κ3) is 4.68. The first-order valence-corrected chi connectivity index (χ1v) is 11.4. The fourth-order valence-corrected chi connectivity index (χ4v) is 4.14. The molecule has 4 aromatic rings. The van der Waals surface area contributed by atoms with Crippen molar-refractivity contribution in [1.82, 2.24) is 4.57 Å². The average molecular weight is 476 g/mol. The van der Waals surface area contributed by atoms with E-state index in [1.54, 1.807) is 36.4 Å². The van der Waals surface area contributed by atoms with E-state index in [0.717, 1.165) is 27.7 Å². The molecule has 1 aromatic heterocycles. The van der Waals surface area contributed by atoms with Crippen molar-refractivity contribution in [3.63, 3.8) is 0 Å². The summed E-state index contributed by atoms with van der Waals surface area (Å²) in [7, 11) is 0. The SMILES string of the molecule is CC.CC(C)(CO)c1c(-c2ccc(C(=O)O)cc2)c2cc(N)c(C=N)cc2n1-c1ccc(F)cc1. The highest BCUT2D eigenvalue weighted by Crippen LogP contribution is 2.44. The molecule has 0 radical (unpaired) electrons. The highest BCUT2D eigenvalue weighted by Gasteiger charge is 2.32. The number of carbonyl (C=O) groups is 1. The molecule has 0 bridgehead atoms. The first-order valence-electron chi connectivity index (χ1n) is 11.4. The number of rotatable bonds is 6. The predicted octanol–water partition coefficient (Wildman–Crippen LogP) is 6.01. The highest BCUT2D eigenvalue weighted by molar-refractivity contribution is 6.05. The van der Waals surface area contributed by atoms with Gasteiger partial charge in [-0.25, -0.2) is 9.18 Å². The maximum atomic E-state index is 13.7. The number of fused-ring (bicyclic) bond motifs is 1. The van der Waals surface area contributed by atoms with Gasteiger partial charge in [-0.15, -0.1) is 0 Å². The van der Waals surface area contributed by atoms with E-state index >= 15 is 0 Å². The fourth-order valence-electron chi connectivity index (χ4n) is 4.14. The van der Waals surface area contributed by atoms with Crippen LogP contribution in [-0.2, 0) is 5.41 Å². The van der Waals surface area contributed by atoms with Gasteiger partial charge in [0.1, 0.15) is 5.82 Å². The Labute approximate surface area is 204 Å². The van der Waals surface area contributed by atoms with Crippen molar-refractivity contribution in [3.8, 4) is 16.8 Å². The molecule has 0 spiro atoms. The van der Waals surface area contributed by atoms with Gasteiger partial charge in [-0.05, 0) is 54.1 Å². The third-order valence-corrected chi connectivity index (χ3v) is 5.87. The Kier molecular flexibility index (Phi) is 7.41. The van der Waals surface area contributed by atoms with Gasteiger partial charge in [-0.2, -0.15) is 0 Å².